The van der Waals surface area contributed by atoms with E-state index >= 15 is 0 Å². The maximum atomic E-state index is 11.0. The van der Waals surface area contributed by atoms with E-state index in [0.717, 1.165) is 5.56 Å². The van der Waals surface area contributed by atoms with Crippen LogP contribution in [0.2, 0.25) is 0 Å². The summed E-state index contributed by atoms with van der Waals surface area (Å²) >= 11 is 0. The average molecular weight is 424 g/mol. The molecule has 2 aromatic rings. The molecule has 0 saturated heterocycles. The van der Waals surface area contributed by atoms with E-state index in [4.69, 9.17) is 14.6 Å². The van der Waals surface area contributed by atoms with Crippen LogP contribution in [-0.2, 0) is 25.7 Å². The van der Waals surface area contributed by atoms with Crippen LogP contribution in [0.25, 0.3) is 0 Å². The summed E-state index contributed by atoms with van der Waals surface area (Å²) in [5.74, 6) is -1.12. The van der Waals surface area contributed by atoms with Crippen LogP contribution < -0.4 is 4.74 Å². The Morgan fingerprint density at radius 3 is 1.55 bits per heavy atom. The smallest absolute Gasteiger partial charge is 0.338 e. The molecule has 164 valence electrons. The fraction of sp³-hybridized carbons (Fsp3) is 0.160. The molecule has 0 amide bonds. The normalized spacial score (nSPS) is 8.87. The highest BCUT2D eigenvalue weighted by Crippen LogP contribution is 2.09. The number of carbonyl (C=O) groups is 3. The van der Waals surface area contributed by atoms with E-state index in [-0.39, 0.29) is 17.5 Å². The first-order valence-electron chi connectivity index (χ1n) is 9.22. The van der Waals surface area contributed by atoms with Crippen LogP contribution in [0.15, 0.2) is 97.1 Å². The van der Waals surface area contributed by atoms with Crippen molar-refractivity contribution in [3.63, 3.8) is 0 Å². The summed E-state index contributed by atoms with van der Waals surface area (Å²) in [5.41, 5.74) is 1.99. The van der Waals surface area contributed by atoms with Crippen molar-refractivity contribution in [3.05, 3.63) is 103 Å². The van der Waals surface area contributed by atoms with E-state index in [0.29, 0.717) is 23.5 Å². The van der Waals surface area contributed by atoms with Gasteiger partial charge in [0.05, 0.1) is 0 Å². The van der Waals surface area contributed by atoms with Gasteiger partial charge in [-0.1, -0.05) is 68.3 Å². The van der Waals surface area contributed by atoms with Crippen molar-refractivity contribution in [1.82, 2.24) is 0 Å². The topological polar surface area (TPSA) is 89.9 Å². The molecule has 6 heteroatoms. The lowest BCUT2D eigenvalue weighted by Gasteiger charge is -2.03. The molecule has 0 aromatic heterocycles. The summed E-state index contributed by atoms with van der Waals surface area (Å²) in [6, 6.07) is 18.5. The summed E-state index contributed by atoms with van der Waals surface area (Å²) in [6.45, 7) is 15.1. The zero-order valence-corrected chi connectivity index (χ0v) is 18.1. The van der Waals surface area contributed by atoms with Crippen molar-refractivity contribution in [3.8, 4) is 5.75 Å². The number of hydrogen-bond acceptors (Lipinski definition) is 5. The molecule has 0 radical (unpaired) electrons. The fourth-order valence-electron chi connectivity index (χ4n) is 1.53. The third-order valence-electron chi connectivity index (χ3n) is 3.23. The lowest BCUT2D eigenvalue weighted by molar-refractivity contribution is -0.140. The molecule has 0 fully saturated rings. The first-order chi connectivity index (χ1) is 14.5. The maximum Gasteiger partial charge on any atom is 0.338 e. The van der Waals surface area contributed by atoms with Crippen molar-refractivity contribution in [2.24, 2.45) is 0 Å². The van der Waals surface area contributed by atoms with Crippen molar-refractivity contribution in [2.45, 2.75) is 27.4 Å². The Morgan fingerprint density at radius 1 is 0.742 bits per heavy atom. The van der Waals surface area contributed by atoms with E-state index in [1.165, 1.54) is 6.92 Å². The highest BCUT2D eigenvalue weighted by Gasteiger charge is 2.03. The standard InChI is InChI=1S/C11H12O2.C10H10O2.C4H6O2/c1-9(2)11(12)13-8-10-6-4-3-5-7-10;1-8(2)10(11)12-9-6-4-3-5-7-9;1-3(2)4(5)6/h3-7H,1,8H2,2H3;3-7H,1H2,2H3;1H2,2H3,(H,5,6). The Hall–Kier alpha value is -3.93. The minimum atomic E-state index is -0.935. The summed E-state index contributed by atoms with van der Waals surface area (Å²) in [6.07, 6.45) is 0. The molecule has 0 spiro atoms. The van der Waals surface area contributed by atoms with Crippen LogP contribution in [-0.4, -0.2) is 23.0 Å². The second-order valence-corrected chi connectivity index (χ2v) is 6.41. The zero-order valence-electron chi connectivity index (χ0n) is 18.1. The molecule has 0 atom stereocenters. The third kappa shape index (κ3) is 13.8. The average Bonchev–Trinajstić information content (AvgIpc) is 2.74. The largest absolute Gasteiger partial charge is 0.478 e. The van der Waals surface area contributed by atoms with E-state index in [9.17, 15) is 14.4 Å². The number of carbonyl (C=O) groups excluding carboxylic acids is 2. The Morgan fingerprint density at radius 2 is 1.16 bits per heavy atom. The molecule has 0 heterocycles. The van der Waals surface area contributed by atoms with Gasteiger partial charge >= 0.3 is 17.9 Å². The monoisotopic (exact) mass is 424 g/mol. The molecule has 1 N–H and O–H groups in total. The van der Waals surface area contributed by atoms with Crippen molar-refractivity contribution in [1.29, 1.82) is 0 Å². The number of carboxylic acids is 1. The van der Waals surface area contributed by atoms with Crippen LogP contribution in [0.3, 0.4) is 0 Å². The molecule has 0 aliphatic heterocycles. The van der Waals surface area contributed by atoms with E-state index in [2.05, 4.69) is 19.7 Å². The van der Waals surface area contributed by atoms with Gasteiger partial charge in [-0.2, -0.15) is 0 Å². The van der Waals surface area contributed by atoms with Gasteiger partial charge in [0, 0.05) is 16.7 Å². The zero-order chi connectivity index (χ0) is 23.8. The van der Waals surface area contributed by atoms with Crippen molar-refractivity contribution < 1.29 is 29.0 Å². The number of carboxylic acid groups (broad SMARTS) is 1. The molecular weight excluding hydrogens is 396 g/mol. The number of benzene rings is 2. The quantitative estimate of drug-likeness (QED) is 0.393. The second-order valence-electron chi connectivity index (χ2n) is 6.41. The number of rotatable bonds is 6. The van der Waals surface area contributed by atoms with Gasteiger partial charge in [0.2, 0.25) is 0 Å². The van der Waals surface area contributed by atoms with Gasteiger partial charge in [-0.15, -0.1) is 0 Å². The van der Waals surface area contributed by atoms with E-state index in [1.807, 2.05) is 36.4 Å². The maximum absolute atomic E-state index is 11.0. The first kappa shape index (κ1) is 27.1. The Labute approximate surface area is 183 Å². The molecule has 0 bridgehead atoms. The number of aliphatic carboxylic acids is 1. The van der Waals surface area contributed by atoms with Gasteiger partial charge in [0.15, 0.2) is 0 Å². The SMILES string of the molecule is C=C(C)C(=O)O.C=C(C)C(=O)OCc1ccccc1.C=C(C)C(=O)Oc1ccccc1. The first-order valence-corrected chi connectivity index (χ1v) is 9.22. The second kappa shape index (κ2) is 15.0. The van der Waals surface area contributed by atoms with Gasteiger partial charge in [0.1, 0.15) is 12.4 Å². The molecule has 0 aliphatic rings. The van der Waals surface area contributed by atoms with Crippen LogP contribution in [0.5, 0.6) is 5.75 Å². The number of esters is 2. The molecule has 2 rings (SSSR count). The Kier molecular flexibility index (Phi) is 13.1. The lowest BCUT2D eigenvalue weighted by Crippen LogP contribution is -2.07. The van der Waals surface area contributed by atoms with Gasteiger partial charge < -0.3 is 14.6 Å². The summed E-state index contributed by atoms with van der Waals surface area (Å²) in [4.78, 5) is 31.6. The molecule has 6 nitrogen and oxygen atoms in total. The van der Waals surface area contributed by atoms with E-state index < -0.39 is 5.97 Å². The summed E-state index contributed by atoms with van der Waals surface area (Å²) < 4.78 is 9.89. The van der Waals surface area contributed by atoms with Crippen molar-refractivity contribution in [2.75, 3.05) is 0 Å². The number of para-hydroxylation sites is 1. The predicted molar refractivity (Wildman–Crippen MR) is 120 cm³/mol. The fourth-order valence-corrected chi connectivity index (χ4v) is 1.53. The van der Waals surface area contributed by atoms with Crippen LogP contribution in [0.1, 0.15) is 26.3 Å². The van der Waals surface area contributed by atoms with Crippen LogP contribution >= 0.6 is 0 Å². The molecule has 0 saturated carbocycles. The minimum Gasteiger partial charge on any atom is -0.478 e. The lowest BCUT2D eigenvalue weighted by atomic mass is 10.2. The highest BCUT2D eigenvalue weighted by atomic mass is 16.5. The number of ether oxygens (including phenoxy) is 2. The van der Waals surface area contributed by atoms with E-state index in [1.54, 1.807) is 38.1 Å². The molecule has 0 aliphatic carbocycles. The minimum absolute atomic E-state index is 0.176. The van der Waals surface area contributed by atoms with Crippen LogP contribution in [0.4, 0.5) is 0 Å². The van der Waals surface area contributed by atoms with Gasteiger partial charge in [-0.25, -0.2) is 14.4 Å². The van der Waals surface area contributed by atoms with Crippen molar-refractivity contribution >= 4 is 17.9 Å². The highest BCUT2D eigenvalue weighted by molar-refractivity contribution is 5.88. The van der Waals surface area contributed by atoms with Crippen LogP contribution in [0, 0.1) is 0 Å². The molecule has 31 heavy (non-hydrogen) atoms. The Balaban J connectivity index is 0.000000466. The Bertz CT molecular complexity index is 886. The van der Waals surface area contributed by atoms with Gasteiger partial charge in [0.25, 0.3) is 0 Å². The predicted octanol–water partition coefficient (Wildman–Crippen LogP) is 5.12. The van der Waals surface area contributed by atoms with Gasteiger partial charge in [-0.3, -0.25) is 0 Å². The summed E-state index contributed by atoms with van der Waals surface area (Å²) in [7, 11) is 0. The number of hydrogen-bond donors (Lipinski definition) is 1. The molecule has 2 aromatic carbocycles. The summed E-state index contributed by atoms with van der Waals surface area (Å²) in [5, 5.41) is 7.89. The molecule has 0 unspecified atom stereocenters. The third-order valence-corrected chi connectivity index (χ3v) is 3.23. The molecular formula is C25H28O6. The van der Waals surface area contributed by atoms with Gasteiger partial charge in [-0.05, 0) is 38.5 Å².